The summed E-state index contributed by atoms with van der Waals surface area (Å²) < 4.78 is 0. The van der Waals surface area contributed by atoms with E-state index in [1.54, 1.807) is 0 Å². The van der Waals surface area contributed by atoms with Gasteiger partial charge < -0.3 is 4.90 Å². The first-order valence-corrected chi connectivity index (χ1v) is 5.60. The zero-order valence-corrected chi connectivity index (χ0v) is 9.79. The fourth-order valence-corrected chi connectivity index (χ4v) is 2.20. The minimum absolute atomic E-state index is 0.286. The molecule has 1 heterocycles. The van der Waals surface area contributed by atoms with E-state index < -0.39 is 0 Å². The quantitative estimate of drug-likeness (QED) is 0.653. The number of rotatable bonds is 3. The van der Waals surface area contributed by atoms with Gasteiger partial charge >= 0.3 is 0 Å². The lowest BCUT2D eigenvalue weighted by molar-refractivity contribution is 0.107. The summed E-state index contributed by atoms with van der Waals surface area (Å²) in [4.78, 5) is 13.4. The van der Waals surface area contributed by atoms with Crippen LogP contribution < -0.4 is 0 Å². The van der Waals surface area contributed by atoms with Crippen molar-refractivity contribution < 1.29 is 0 Å². The molecule has 0 N–H and O–H groups in total. The van der Waals surface area contributed by atoms with Gasteiger partial charge in [-0.1, -0.05) is 19.0 Å². The van der Waals surface area contributed by atoms with Crippen LogP contribution in [0.1, 0.15) is 40.5 Å². The van der Waals surface area contributed by atoms with Crippen molar-refractivity contribution in [3.8, 4) is 0 Å². The molecule has 3 nitrogen and oxygen atoms in total. The molecule has 14 heavy (non-hydrogen) atoms. The highest BCUT2D eigenvalue weighted by Gasteiger charge is 2.39. The Morgan fingerprint density at radius 2 is 1.64 bits per heavy atom. The van der Waals surface area contributed by atoms with E-state index in [1.807, 2.05) is 0 Å². The van der Waals surface area contributed by atoms with E-state index in [9.17, 15) is 4.91 Å². The Kier molecular flexibility index (Phi) is 3.65. The lowest BCUT2D eigenvalue weighted by atomic mass is 9.79. The maximum atomic E-state index is 10.9. The van der Waals surface area contributed by atoms with Crippen molar-refractivity contribution in [2.45, 2.75) is 52.1 Å². The van der Waals surface area contributed by atoms with E-state index in [0.29, 0.717) is 12.0 Å². The molecule has 0 spiro atoms. The molecule has 0 saturated carbocycles. The zero-order valence-electron chi connectivity index (χ0n) is 9.79. The minimum atomic E-state index is -0.286. The van der Waals surface area contributed by atoms with Crippen LogP contribution in [-0.2, 0) is 0 Å². The Morgan fingerprint density at radius 3 is 1.93 bits per heavy atom. The Morgan fingerprint density at radius 1 is 1.14 bits per heavy atom. The van der Waals surface area contributed by atoms with Gasteiger partial charge in [-0.25, -0.2) is 0 Å². The molecule has 1 saturated heterocycles. The van der Waals surface area contributed by atoms with Gasteiger partial charge in [-0.05, 0) is 32.6 Å². The van der Waals surface area contributed by atoms with Crippen LogP contribution in [0.2, 0.25) is 0 Å². The summed E-state index contributed by atoms with van der Waals surface area (Å²) in [5.74, 6) is 0.370. The van der Waals surface area contributed by atoms with Gasteiger partial charge in [-0.3, -0.25) is 0 Å². The summed E-state index contributed by atoms with van der Waals surface area (Å²) >= 11 is 0. The predicted molar refractivity (Wildman–Crippen MR) is 59.3 cm³/mol. The van der Waals surface area contributed by atoms with Gasteiger partial charge in [-0.2, -0.15) is 4.91 Å². The molecule has 0 unspecified atom stereocenters. The Labute approximate surface area is 86.8 Å². The van der Waals surface area contributed by atoms with E-state index in [4.69, 9.17) is 0 Å². The average molecular weight is 198 g/mol. The standard InChI is InChI=1S/C11H22N2O/c1-9(2)11(12-14)5-7-13(8-6-11)10(3)4/h9-10H,5-8H2,1-4H3. The van der Waals surface area contributed by atoms with E-state index in [2.05, 4.69) is 37.8 Å². The maximum absolute atomic E-state index is 10.9. The van der Waals surface area contributed by atoms with Gasteiger partial charge in [0.15, 0.2) is 0 Å². The van der Waals surface area contributed by atoms with Crippen LogP contribution in [0.3, 0.4) is 0 Å². The van der Waals surface area contributed by atoms with Crippen LogP contribution in [0.25, 0.3) is 0 Å². The highest BCUT2D eigenvalue weighted by atomic mass is 16.3. The molecule has 1 aliphatic rings. The maximum Gasteiger partial charge on any atom is 0.107 e. The highest BCUT2D eigenvalue weighted by Crippen LogP contribution is 2.33. The number of piperidine rings is 1. The molecule has 1 rings (SSSR count). The van der Waals surface area contributed by atoms with Crippen molar-refractivity contribution in [1.29, 1.82) is 0 Å². The summed E-state index contributed by atoms with van der Waals surface area (Å²) in [6, 6.07) is 0.590. The van der Waals surface area contributed by atoms with Gasteiger partial charge in [0.25, 0.3) is 0 Å². The molecule has 0 aliphatic carbocycles. The first-order chi connectivity index (χ1) is 6.52. The molecule has 1 aliphatic heterocycles. The summed E-state index contributed by atoms with van der Waals surface area (Å²) in [6.45, 7) is 10.6. The normalized spacial score (nSPS) is 23.0. The van der Waals surface area contributed by atoms with Gasteiger partial charge in [0.1, 0.15) is 5.54 Å². The molecule has 0 aromatic rings. The fraction of sp³-hybridized carbons (Fsp3) is 1.00. The predicted octanol–water partition coefficient (Wildman–Crippen LogP) is 2.65. The van der Waals surface area contributed by atoms with E-state index >= 15 is 0 Å². The summed E-state index contributed by atoms with van der Waals surface area (Å²) in [7, 11) is 0. The van der Waals surface area contributed by atoms with Crippen LogP contribution in [0.5, 0.6) is 0 Å². The Balaban J connectivity index is 2.59. The largest absolute Gasteiger partial charge is 0.301 e. The van der Waals surface area contributed by atoms with Gasteiger partial charge in [-0.15, -0.1) is 0 Å². The van der Waals surface area contributed by atoms with Gasteiger partial charge in [0.2, 0.25) is 0 Å². The monoisotopic (exact) mass is 198 g/mol. The number of nitrogens with zero attached hydrogens (tertiary/aromatic N) is 2. The lowest BCUT2D eigenvalue weighted by Gasteiger charge is -2.41. The number of hydrogen-bond acceptors (Lipinski definition) is 3. The molecule has 3 heteroatoms. The summed E-state index contributed by atoms with van der Waals surface area (Å²) in [6.07, 6.45) is 1.85. The van der Waals surface area contributed by atoms with Crippen molar-refractivity contribution in [2.24, 2.45) is 11.1 Å². The zero-order chi connectivity index (χ0) is 10.8. The van der Waals surface area contributed by atoms with Crippen LogP contribution in [0, 0.1) is 10.8 Å². The molecule has 0 radical (unpaired) electrons. The van der Waals surface area contributed by atoms with Crippen LogP contribution in [-0.4, -0.2) is 29.6 Å². The lowest BCUT2D eigenvalue weighted by Crippen LogP contribution is -2.48. The van der Waals surface area contributed by atoms with E-state index in [-0.39, 0.29) is 5.54 Å². The van der Waals surface area contributed by atoms with Crippen molar-refractivity contribution in [1.82, 2.24) is 4.90 Å². The fourth-order valence-electron chi connectivity index (χ4n) is 2.20. The molecule has 0 amide bonds. The van der Waals surface area contributed by atoms with E-state index in [0.717, 1.165) is 25.9 Å². The van der Waals surface area contributed by atoms with E-state index in [1.165, 1.54) is 0 Å². The Hall–Kier alpha value is -0.440. The molecule has 82 valence electrons. The topological polar surface area (TPSA) is 32.7 Å². The third-order valence-corrected chi connectivity index (χ3v) is 3.65. The van der Waals surface area contributed by atoms with Crippen molar-refractivity contribution >= 4 is 0 Å². The second-order valence-electron chi connectivity index (χ2n) is 4.98. The highest BCUT2D eigenvalue weighted by molar-refractivity contribution is 4.95. The summed E-state index contributed by atoms with van der Waals surface area (Å²) in [5.41, 5.74) is -0.286. The molecule has 1 fully saturated rings. The molecule has 0 aromatic heterocycles. The summed E-state index contributed by atoms with van der Waals surface area (Å²) in [5, 5.41) is 3.40. The smallest absolute Gasteiger partial charge is 0.107 e. The second kappa shape index (κ2) is 4.39. The van der Waals surface area contributed by atoms with Crippen molar-refractivity contribution in [3.63, 3.8) is 0 Å². The number of nitroso groups, excluding NO2 is 1. The molecular weight excluding hydrogens is 176 g/mol. The van der Waals surface area contributed by atoms with Crippen LogP contribution in [0.4, 0.5) is 0 Å². The van der Waals surface area contributed by atoms with Gasteiger partial charge in [0, 0.05) is 19.1 Å². The molecule has 0 atom stereocenters. The van der Waals surface area contributed by atoms with Crippen molar-refractivity contribution in [3.05, 3.63) is 4.91 Å². The first kappa shape index (κ1) is 11.6. The Bertz CT molecular complexity index is 193. The number of hydrogen-bond donors (Lipinski definition) is 0. The first-order valence-electron chi connectivity index (χ1n) is 5.60. The van der Waals surface area contributed by atoms with Crippen molar-refractivity contribution in [2.75, 3.05) is 13.1 Å². The average Bonchev–Trinajstić information content (AvgIpc) is 2.17. The number of likely N-dealkylation sites (tertiary alicyclic amines) is 1. The minimum Gasteiger partial charge on any atom is -0.301 e. The van der Waals surface area contributed by atoms with Crippen LogP contribution in [0.15, 0.2) is 5.18 Å². The molecular formula is C11H22N2O. The second-order valence-corrected chi connectivity index (χ2v) is 4.98. The van der Waals surface area contributed by atoms with Gasteiger partial charge in [0.05, 0.1) is 0 Å². The third kappa shape index (κ3) is 2.14. The van der Waals surface area contributed by atoms with Crippen LogP contribution >= 0.6 is 0 Å². The molecule has 0 bridgehead atoms. The molecule has 0 aromatic carbocycles. The SMILES string of the molecule is CC(C)N1CCC(N=O)(C(C)C)CC1. The third-order valence-electron chi connectivity index (χ3n) is 3.65.